The number of thiophene rings is 1. The molecule has 26 heavy (non-hydrogen) atoms. The molecule has 0 aliphatic carbocycles. The smallest absolute Gasteiger partial charge is 0.254 e. The van der Waals surface area contributed by atoms with Gasteiger partial charge in [-0.05, 0) is 42.5 Å². The third kappa shape index (κ3) is 3.35. The summed E-state index contributed by atoms with van der Waals surface area (Å²) >= 11 is 1.58. The van der Waals surface area contributed by atoms with E-state index < -0.39 is 0 Å². The molecule has 3 aromatic rings. The Morgan fingerprint density at radius 3 is 3.08 bits per heavy atom. The van der Waals surface area contributed by atoms with Gasteiger partial charge < -0.3 is 14.2 Å². The number of carbonyl (C=O) groups is 1. The van der Waals surface area contributed by atoms with E-state index in [9.17, 15) is 4.79 Å². The van der Waals surface area contributed by atoms with Crippen LogP contribution < -0.4 is 4.74 Å². The third-order valence-electron chi connectivity index (χ3n) is 4.56. The van der Waals surface area contributed by atoms with Crippen molar-refractivity contribution in [1.82, 2.24) is 15.0 Å². The maximum atomic E-state index is 12.8. The zero-order valence-electron chi connectivity index (χ0n) is 14.4. The number of hydrogen-bond acceptors (Lipinski definition) is 6. The number of ether oxygens (including phenoxy) is 1. The summed E-state index contributed by atoms with van der Waals surface area (Å²) in [6.07, 6.45) is 1.85. The number of aromatic nitrogens is 2. The van der Waals surface area contributed by atoms with Gasteiger partial charge in [-0.1, -0.05) is 17.3 Å². The average Bonchev–Trinajstić information content (AvgIpc) is 3.39. The first-order chi connectivity index (χ1) is 12.7. The molecule has 1 amide bonds. The highest BCUT2D eigenvalue weighted by atomic mass is 32.1. The van der Waals surface area contributed by atoms with Crippen LogP contribution in [0.15, 0.2) is 46.3 Å². The second-order valence-electron chi connectivity index (χ2n) is 6.26. The van der Waals surface area contributed by atoms with Gasteiger partial charge in [-0.25, -0.2) is 0 Å². The van der Waals surface area contributed by atoms with Crippen LogP contribution >= 0.6 is 11.3 Å². The van der Waals surface area contributed by atoms with Gasteiger partial charge in [-0.15, -0.1) is 11.3 Å². The van der Waals surface area contributed by atoms with Crippen molar-refractivity contribution in [3.63, 3.8) is 0 Å². The molecule has 1 saturated heterocycles. The first kappa shape index (κ1) is 16.8. The minimum Gasteiger partial charge on any atom is -0.497 e. The number of likely N-dealkylation sites (tertiary alicyclic amines) is 1. The predicted octanol–water partition coefficient (Wildman–Crippen LogP) is 3.83. The first-order valence-electron chi connectivity index (χ1n) is 8.55. The number of hydrogen-bond donors (Lipinski definition) is 0. The molecule has 1 atom stereocenters. The van der Waals surface area contributed by atoms with E-state index in [2.05, 4.69) is 10.1 Å². The highest BCUT2D eigenvalue weighted by Crippen LogP contribution is 2.29. The van der Waals surface area contributed by atoms with Gasteiger partial charge in [0.05, 0.1) is 17.9 Å². The Kier molecular flexibility index (Phi) is 4.71. The highest BCUT2D eigenvalue weighted by Gasteiger charge is 2.29. The zero-order valence-corrected chi connectivity index (χ0v) is 15.2. The Balaban J connectivity index is 1.49. The van der Waals surface area contributed by atoms with Gasteiger partial charge in [-0.2, -0.15) is 4.98 Å². The predicted molar refractivity (Wildman–Crippen MR) is 98.5 cm³/mol. The van der Waals surface area contributed by atoms with Crippen LogP contribution in [0.4, 0.5) is 0 Å². The molecular formula is C19H19N3O3S. The summed E-state index contributed by atoms with van der Waals surface area (Å²) < 4.78 is 10.7. The van der Waals surface area contributed by atoms with Gasteiger partial charge in [0.1, 0.15) is 5.75 Å². The molecule has 0 N–H and O–H groups in total. The monoisotopic (exact) mass is 369 g/mol. The lowest BCUT2D eigenvalue weighted by molar-refractivity contribution is 0.0695. The molecule has 1 fully saturated rings. The molecular weight excluding hydrogens is 350 g/mol. The molecule has 6 nitrogen and oxygen atoms in total. The van der Waals surface area contributed by atoms with E-state index >= 15 is 0 Å². The molecule has 0 saturated carbocycles. The van der Waals surface area contributed by atoms with E-state index in [1.807, 2.05) is 40.6 Å². The second kappa shape index (κ2) is 7.29. The Morgan fingerprint density at radius 2 is 2.27 bits per heavy atom. The van der Waals surface area contributed by atoms with Crippen LogP contribution in [0.2, 0.25) is 0 Å². The highest BCUT2D eigenvalue weighted by molar-refractivity contribution is 7.13. The molecule has 4 rings (SSSR count). The van der Waals surface area contributed by atoms with Crippen molar-refractivity contribution in [2.75, 3.05) is 20.2 Å². The number of carbonyl (C=O) groups excluding carboxylic acids is 1. The van der Waals surface area contributed by atoms with Crippen LogP contribution in [-0.4, -0.2) is 41.1 Å². The van der Waals surface area contributed by atoms with Crippen molar-refractivity contribution < 1.29 is 14.1 Å². The van der Waals surface area contributed by atoms with E-state index in [0.717, 1.165) is 24.3 Å². The van der Waals surface area contributed by atoms with Crippen LogP contribution in [0.3, 0.4) is 0 Å². The fourth-order valence-corrected chi connectivity index (χ4v) is 3.86. The molecule has 2 aromatic heterocycles. The van der Waals surface area contributed by atoms with E-state index in [4.69, 9.17) is 9.26 Å². The van der Waals surface area contributed by atoms with E-state index in [-0.39, 0.29) is 11.8 Å². The van der Waals surface area contributed by atoms with Crippen molar-refractivity contribution in [2.45, 2.75) is 18.8 Å². The average molecular weight is 369 g/mol. The Hall–Kier alpha value is -2.67. The van der Waals surface area contributed by atoms with Gasteiger partial charge in [-0.3, -0.25) is 4.79 Å². The molecule has 0 radical (unpaired) electrons. The van der Waals surface area contributed by atoms with Crippen LogP contribution in [0, 0.1) is 0 Å². The van der Waals surface area contributed by atoms with Crippen molar-refractivity contribution >= 4 is 17.2 Å². The van der Waals surface area contributed by atoms with E-state index in [1.165, 1.54) is 0 Å². The van der Waals surface area contributed by atoms with Crippen LogP contribution in [-0.2, 0) is 0 Å². The van der Waals surface area contributed by atoms with Crippen molar-refractivity contribution in [3.8, 4) is 16.5 Å². The van der Waals surface area contributed by atoms with Crippen molar-refractivity contribution in [1.29, 1.82) is 0 Å². The molecule has 7 heteroatoms. The summed E-state index contributed by atoms with van der Waals surface area (Å²) in [6, 6.07) is 11.2. The van der Waals surface area contributed by atoms with Gasteiger partial charge in [0.15, 0.2) is 0 Å². The molecule has 1 aliphatic heterocycles. The minimum atomic E-state index is 0.00611. The number of benzene rings is 1. The zero-order chi connectivity index (χ0) is 17.9. The van der Waals surface area contributed by atoms with Crippen LogP contribution in [0.5, 0.6) is 5.75 Å². The Bertz CT molecular complexity index is 891. The largest absolute Gasteiger partial charge is 0.497 e. The van der Waals surface area contributed by atoms with Crippen molar-refractivity contribution in [2.24, 2.45) is 0 Å². The Morgan fingerprint density at radius 1 is 1.35 bits per heavy atom. The fourth-order valence-electron chi connectivity index (χ4n) is 3.21. The SMILES string of the molecule is COc1cccc(C(=O)N2CCC[C@H](c3nc(-c4cccs4)no3)C2)c1. The molecule has 0 unspecified atom stereocenters. The summed E-state index contributed by atoms with van der Waals surface area (Å²) in [7, 11) is 1.60. The van der Waals surface area contributed by atoms with Gasteiger partial charge >= 0.3 is 0 Å². The standard InChI is InChI=1S/C19H19N3O3S/c1-24-15-7-2-5-13(11-15)19(23)22-9-3-6-14(12-22)18-20-17(21-25-18)16-8-4-10-26-16/h2,4-5,7-8,10-11,14H,3,6,9,12H2,1H3/t14-/m0/s1. The quantitative estimate of drug-likeness (QED) is 0.699. The lowest BCUT2D eigenvalue weighted by Crippen LogP contribution is -2.39. The third-order valence-corrected chi connectivity index (χ3v) is 5.42. The van der Waals surface area contributed by atoms with E-state index in [0.29, 0.717) is 29.6 Å². The van der Waals surface area contributed by atoms with Crippen molar-refractivity contribution in [3.05, 3.63) is 53.2 Å². The summed E-state index contributed by atoms with van der Waals surface area (Å²) in [5, 5.41) is 6.08. The lowest BCUT2D eigenvalue weighted by Gasteiger charge is -2.31. The molecule has 1 aromatic carbocycles. The second-order valence-corrected chi connectivity index (χ2v) is 7.20. The van der Waals surface area contributed by atoms with Gasteiger partial charge in [0, 0.05) is 18.7 Å². The van der Waals surface area contributed by atoms with Crippen LogP contribution in [0.25, 0.3) is 10.7 Å². The summed E-state index contributed by atoms with van der Waals surface area (Å²) in [5.41, 5.74) is 0.634. The summed E-state index contributed by atoms with van der Waals surface area (Å²) in [6.45, 7) is 1.32. The number of rotatable bonds is 4. The van der Waals surface area contributed by atoms with Crippen LogP contribution in [0.1, 0.15) is 35.0 Å². The molecule has 1 aliphatic rings. The van der Waals surface area contributed by atoms with Gasteiger partial charge in [0.25, 0.3) is 5.91 Å². The topological polar surface area (TPSA) is 68.5 Å². The number of methoxy groups -OCH3 is 1. The van der Waals surface area contributed by atoms with E-state index in [1.54, 1.807) is 24.5 Å². The molecule has 3 heterocycles. The normalized spacial score (nSPS) is 17.3. The first-order valence-corrected chi connectivity index (χ1v) is 9.43. The summed E-state index contributed by atoms with van der Waals surface area (Å²) in [5.74, 6) is 1.98. The molecule has 0 spiro atoms. The fraction of sp³-hybridized carbons (Fsp3) is 0.316. The number of amides is 1. The maximum Gasteiger partial charge on any atom is 0.254 e. The number of nitrogens with zero attached hydrogens (tertiary/aromatic N) is 3. The molecule has 0 bridgehead atoms. The number of piperidine rings is 1. The maximum absolute atomic E-state index is 12.8. The lowest BCUT2D eigenvalue weighted by atomic mass is 9.97. The van der Waals surface area contributed by atoms with Gasteiger partial charge in [0.2, 0.25) is 11.7 Å². The molecule has 134 valence electrons. The Labute approximate surface area is 155 Å². The minimum absolute atomic E-state index is 0.00611. The summed E-state index contributed by atoms with van der Waals surface area (Å²) in [4.78, 5) is 20.2.